The van der Waals surface area contributed by atoms with E-state index in [2.05, 4.69) is 10.4 Å². The Morgan fingerprint density at radius 3 is 2.83 bits per heavy atom. The maximum atomic E-state index is 13.2. The Morgan fingerprint density at radius 2 is 2.28 bits per heavy atom. The number of anilines is 2. The molecule has 1 aromatic carbocycles. The Labute approximate surface area is 107 Å². The van der Waals surface area contributed by atoms with Gasteiger partial charge in [0.05, 0.1) is 10.7 Å². The standard InChI is InChI=1S/C11H10ClFN4O/c1-17-5-9(14)10(16-17)11(18)15-6-2-3-7(12)8(13)4-6/h2-5H,14H2,1H3,(H,15,18). The van der Waals surface area contributed by atoms with Crippen LogP contribution in [0.3, 0.4) is 0 Å². The largest absolute Gasteiger partial charge is 0.396 e. The van der Waals surface area contributed by atoms with Crippen LogP contribution in [0.25, 0.3) is 0 Å². The second-order valence-electron chi connectivity index (χ2n) is 3.69. The Hall–Kier alpha value is -2.08. The van der Waals surface area contributed by atoms with E-state index < -0.39 is 11.7 Å². The first kappa shape index (κ1) is 12.4. The van der Waals surface area contributed by atoms with Gasteiger partial charge < -0.3 is 11.1 Å². The number of halogens is 2. The molecule has 2 rings (SSSR count). The zero-order valence-electron chi connectivity index (χ0n) is 9.45. The smallest absolute Gasteiger partial charge is 0.278 e. The summed E-state index contributed by atoms with van der Waals surface area (Å²) in [6, 6.07) is 3.97. The average molecular weight is 269 g/mol. The van der Waals surface area contributed by atoms with Gasteiger partial charge in [0.15, 0.2) is 5.69 Å². The molecule has 7 heteroatoms. The number of amides is 1. The van der Waals surface area contributed by atoms with E-state index in [0.29, 0.717) is 0 Å². The molecule has 0 spiro atoms. The summed E-state index contributed by atoms with van der Waals surface area (Å²) in [6.45, 7) is 0. The summed E-state index contributed by atoms with van der Waals surface area (Å²) in [5, 5.41) is 6.38. The number of carbonyl (C=O) groups excluding carboxylic acids is 1. The third-order valence-electron chi connectivity index (χ3n) is 2.25. The van der Waals surface area contributed by atoms with Crippen molar-refractivity contribution in [1.82, 2.24) is 9.78 Å². The minimum atomic E-state index is -0.608. The van der Waals surface area contributed by atoms with Crippen molar-refractivity contribution >= 4 is 28.9 Å². The van der Waals surface area contributed by atoms with Gasteiger partial charge in [-0.05, 0) is 18.2 Å². The number of hydrogen-bond acceptors (Lipinski definition) is 3. The molecule has 0 bridgehead atoms. The normalized spacial score (nSPS) is 10.4. The lowest BCUT2D eigenvalue weighted by Gasteiger charge is -2.04. The zero-order valence-corrected chi connectivity index (χ0v) is 10.2. The summed E-state index contributed by atoms with van der Waals surface area (Å²) in [7, 11) is 1.65. The topological polar surface area (TPSA) is 72.9 Å². The van der Waals surface area contributed by atoms with E-state index in [1.54, 1.807) is 7.05 Å². The van der Waals surface area contributed by atoms with E-state index in [9.17, 15) is 9.18 Å². The van der Waals surface area contributed by atoms with Gasteiger partial charge in [0.2, 0.25) is 0 Å². The number of aromatic nitrogens is 2. The molecule has 0 saturated heterocycles. The Morgan fingerprint density at radius 1 is 1.56 bits per heavy atom. The van der Waals surface area contributed by atoms with Crippen LogP contribution in [0.2, 0.25) is 5.02 Å². The van der Waals surface area contributed by atoms with Gasteiger partial charge in [-0.2, -0.15) is 5.10 Å². The highest BCUT2D eigenvalue weighted by atomic mass is 35.5. The Kier molecular flexibility index (Phi) is 3.20. The first-order valence-electron chi connectivity index (χ1n) is 5.03. The van der Waals surface area contributed by atoms with Crippen LogP contribution >= 0.6 is 11.6 Å². The lowest BCUT2D eigenvalue weighted by Crippen LogP contribution is -2.14. The molecule has 0 radical (unpaired) electrons. The number of nitrogens with one attached hydrogen (secondary N) is 1. The van der Waals surface area contributed by atoms with Crippen LogP contribution < -0.4 is 11.1 Å². The number of nitrogens with two attached hydrogens (primary N) is 1. The number of carbonyl (C=O) groups is 1. The molecule has 0 fully saturated rings. The summed E-state index contributed by atoms with van der Waals surface area (Å²) in [6.07, 6.45) is 1.51. The summed E-state index contributed by atoms with van der Waals surface area (Å²) < 4.78 is 14.6. The van der Waals surface area contributed by atoms with Crippen LogP contribution in [0, 0.1) is 5.82 Å². The van der Waals surface area contributed by atoms with Gasteiger partial charge in [-0.3, -0.25) is 9.48 Å². The summed E-state index contributed by atoms with van der Waals surface area (Å²) in [4.78, 5) is 11.8. The predicted octanol–water partition coefficient (Wildman–Crippen LogP) is 2.05. The number of nitrogens with zero attached hydrogens (tertiary/aromatic N) is 2. The first-order chi connectivity index (χ1) is 8.47. The van der Waals surface area contributed by atoms with Crippen LogP contribution in [-0.2, 0) is 7.05 Å². The van der Waals surface area contributed by atoms with Crippen molar-refractivity contribution in [3.63, 3.8) is 0 Å². The molecule has 0 aliphatic rings. The van der Waals surface area contributed by atoms with Crippen molar-refractivity contribution in [2.45, 2.75) is 0 Å². The SMILES string of the molecule is Cn1cc(N)c(C(=O)Nc2ccc(Cl)c(F)c2)n1. The molecule has 1 amide bonds. The Bertz CT molecular complexity index is 611. The lowest BCUT2D eigenvalue weighted by atomic mass is 10.3. The van der Waals surface area contributed by atoms with E-state index >= 15 is 0 Å². The lowest BCUT2D eigenvalue weighted by molar-refractivity contribution is 0.102. The minimum Gasteiger partial charge on any atom is -0.396 e. The maximum absolute atomic E-state index is 13.2. The van der Waals surface area contributed by atoms with E-state index in [4.69, 9.17) is 17.3 Å². The van der Waals surface area contributed by atoms with Gasteiger partial charge in [-0.1, -0.05) is 11.6 Å². The van der Waals surface area contributed by atoms with Crippen molar-refractivity contribution in [2.24, 2.45) is 7.05 Å². The molecule has 2 aromatic rings. The minimum absolute atomic E-state index is 0.00894. The number of benzene rings is 1. The summed E-state index contributed by atoms with van der Waals surface area (Å²) in [5.41, 5.74) is 6.24. The predicted molar refractivity (Wildman–Crippen MR) is 67.0 cm³/mol. The second kappa shape index (κ2) is 4.66. The number of hydrogen-bond donors (Lipinski definition) is 2. The van der Waals surface area contributed by atoms with Crippen LogP contribution in [0.4, 0.5) is 15.8 Å². The van der Waals surface area contributed by atoms with E-state index in [-0.39, 0.29) is 22.1 Å². The Balaban J connectivity index is 2.21. The quantitative estimate of drug-likeness (QED) is 0.875. The van der Waals surface area contributed by atoms with Crippen molar-refractivity contribution in [2.75, 3.05) is 11.1 Å². The molecular formula is C11H10ClFN4O. The fraction of sp³-hybridized carbons (Fsp3) is 0.0909. The zero-order chi connectivity index (χ0) is 13.3. The molecule has 3 N–H and O–H groups in total. The van der Waals surface area contributed by atoms with Gasteiger partial charge in [0.25, 0.3) is 5.91 Å². The van der Waals surface area contributed by atoms with Gasteiger partial charge in [-0.15, -0.1) is 0 Å². The van der Waals surface area contributed by atoms with Crippen LogP contribution in [-0.4, -0.2) is 15.7 Å². The van der Waals surface area contributed by atoms with Gasteiger partial charge >= 0.3 is 0 Å². The van der Waals surface area contributed by atoms with E-state index in [1.807, 2.05) is 0 Å². The molecular weight excluding hydrogens is 259 g/mol. The summed E-state index contributed by atoms with van der Waals surface area (Å²) in [5.74, 6) is -1.11. The average Bonchev–Trinajstić information content (AvgIpc) is 2.63. The first-order valence-corrected chi connectivity index (χ1v) is 5.40. The highest BCUT2D eigenvalue weighted by Crippen LogP contribution is 2.19. The van der Waals surface area contributed by atoms with E-state index in [0.717, 1.165) is 6.07 Å². The number of nitrogen functional groups attached to an aromatic ring is 1. The molecule has 1 heterocycles. The second-order valence-corrected chi connectivity index (χ2v) is 4.10. The molecule has 0 aliphatic carbocycles. The number of aryl methyl sites for hydroxylation is 1. The van der Waals surface area contributed by atoms with Crippen molar-refractivity contribution in [3.8, 4) is 0 Å². The molecule has 5 nitrogen and oxygen atoms in total. The van der Waals surface area contributed by atoms with Crippen molar-refractivity contribution in [1.29, 1.82) is 0 Å². The fourth-order valence-corrected chi connectivity index (χ4v) is 1.57. The molecule has 0 unspecified atom stereocenters. The summed E-state index contributed by atoms with van der Waals surface area (Å²) >= 11 is 5.54. The van der Waals surface area contributed by atoms with Crippen molar-refractivity contribution in [3.05, 3.63) is 40.9 Å². The van der Waals surface area contributed by atoms with Gasteiger partial charge in [-0.25, -0.2) is 4.39 Å². The molecule has 94 valence electrons. The highest BCUT2D eigenvalue weighted by Gasteiger charge is 2.14. The van der Waals surface area contributed by atoms with Gasteiger partial charge in [0.1, 0.15) is 5.82 Å². The van der Waals surface area contributed by atoms with E-state index in [1.165, 1.54) is 23.0 Å². The molecule has 0 aliphatic heterocycles. The number of rotatable bonds is 2. The highest BCUT2D eigenvalue weighted by molar-refractivity contribution is 6.30. The molecule has 0 saturated carbocycles. The molecule has 0 atom stereocenters. The van der Waals surface area contributed by atoms with Gasteiger partial charge in [0, 0.05) is 18.9 Å². The van der Waals surface area contributed by atoms with Crippen LogP contribution in [0.15, 0.2) is 24.4 Å². The maximum Gasteiger partial charge on any atom is 0.278 e. The molecule has 1 aromatic heterocycles. The molecule has 18 heavy (non-hydrogen) atoms. The monoisotopic (exact) mass is 268 g/mol. The van der Waals surface area contributed by atoms with Crippen LogP contribution in [0.1, 0.15) is 10.5 Å². The fourth-order valence-electron chi connectivity index (χ4n) is 1.45. The van der Waals surface area contributed by atoms with Crippen molar-refractivity contribution < 1.29 is 9.18 Å². The van der Waals surface area contributed by atoms with Crippen LogP contribution in [0.5, 0.6) is 0 Å². The third-order valence-corrected chi connectivity index (χ3v) is 2.56. The third kappa shape index (κ3) is 2.43.